The molecule has 0 radical (unpaired) electrons. The zero-order valence-corrected chi connectivity index (χ0v) is 15.4. The molecule has 0 atom stereocenters. The quantitative estimate of drug-likeness (QED) is 0.697. The predicted molar refractivity (Wildman–Crippen MR) is 98.0 cm³/mol. The van der Waals surface area contributed by atoms with E-state index >= 15 is 0 Å². The Labute approximate surface area is 155 Å². The fraction of sp³-hybridized carbons (Fsp3) is 0.235. The largest absolute Gasteiger partial charge is 0.483 e. The molecule has 0 spiro atoms. The van der Waals surface area contributed by atoms with Crippen LogP contribution in [0.3, 0.4) is 0 Å². The van der Waals surface area contributed by atoms with Gasteiger partial charge < -0.3 is 9.67 Å². The SMILES string of the molecule is Cc1ccc(-c2nccn2CCc2cnn(C)c2)c(Cl)c1Cl.O=CO. The van der Waals surface area contributed by atoms with Crippen molar-refractivity contribution in [3.05, 3.63) is 58.1 Å². The van der Waals surface area contributed by atoms with E-state index in [1.165, 1.54) is 5.56 Å². The second-order valence-electron chi connectivity index (χ2n) is 5.38. The number of hydrogen-bond acceptors (Lipinski definition) is 3. The number of halogens is 2. The number of carboxylic acid groups (broad SMARTS) is 1. The number of hydrogen-bond donors (Lipinski definition) is 1. The number of aryl methyl sites for hydroxylation is 4. The molecule has 0 aliphatic rings. The predicted octanol–water partition coefficient (Wildman–Crippen LogP) is 3.84. The first kappa shape index (κ1) is 19.0. The molecule has 1 N–H and O–H groups in total. The van der Waals surface area contributed by atoms with Crippen molar-refractivity contribution < 1.29 is 9.90 Å². The van der Waals surface area contributed by atoms with Crippen molar-refractivity contribution in [2.75, 3.05) is 0 Å². The second-order valence-corrected chi connectivity index (χ2v) is 6.14. The molecule has 2 heterocycles. The van der Waals surface area contributed by atoms with Crippen molar-refractivity contribution in [2.45, 2.75) is 19.9 Å². The summed E-state index contributed by atoms with van der Waals surface area (Å²) in [6, 6.07) is 3.93. The normalized spacial score (nSPS) is 10.2. The molecule has 25 heavy (non-hydrogen) atoms. The van der Waals surface area contributed by atoms with Crippen molar-refractivity contribution in [3.63, 3.8) is 0 Å². The Balaban J connectivity index is 0.000000701. The molecule has 8 heteroatoms. The number of rotatable bonds is 4. The lowest BCUT2D eigenvalue weighted by atomic mass is 10.1. The van der Waals surface area contributed by atoms with E-state index in [-0.39, 0.29) is 6.47 Å². The minimum Gasteiger partial charge on any atom is -0.483 e. The van der Waals surface area contributed by atoms with Crippen LogP contribution in [-0.4, -0.2) is 30.9 Å². The number of benzene rings is 1. The van der Waals surface area contributed by atoms with Gasteiger partial charge in [-0.2, -0.15) is 5.10 Å². The van der Waals surface area contributed by atoms with Gasteiger partial charge >= 0.3 is 0 Å². The van der Waals surface area contributed by atoms with Gasteiger partial charge in [-0.3, -0.25) is 9.48 Å². The van der Waals surface area contributed by atoms with Crippen LogP contribution in [0.25, 0.3) is 11.4 Å². The number of imidazole rings is 1. The van der Waals surface area contributed by atoms with Gasteiger partial charge in [-0.15, -0.1) is 0 Å². The number of nitrogens with zero attached hydrogens (tertiary/aromatic N) is 4. The first-order chi connectivity index (χ1) is 12.0. The van der Waals surface area contributed by atoms with Crippen LogP contribution in [0.4, 0.5) is 0 Å². The van der Waals surface area contributed by atoms with Crippen molar-refractivity contribution in [2.24, 2.45) is 7.05 Å². The van der Waals surface area contributed by atoms with Crippen LogP contribution >= 0.6 is 23.2 Å². The zero-order chi connectivity index (χ0) is 18.4. The lowest BCUT2D eigenvalue weighted by Crippen LogP contribution is -2.03. The summed E-state index contributed by atoms with van der Waals surface area (Å²) in [5.41, 5.74) is 3.01. The first-order valence-electron chi connectivity index (χ1n) is 7.49. The maximum atomic E-state index is 8.36. The summed E-state index contributed by atoms with van der Waals surface area (Å²) in [5.74, 6) is 0.829. The van der Waals surface area contributed by atoms with Gasteiger partial charge in [0.05, 0.1) is 16.2 Å². The number of aromatic nitrogens is 4. The van der Waals surface area contributed by atoms with E-state index in [9.17, 15) is 0 Å². The Morgan fingerprint density at radius 3 is 2.64 bits per heavy atom. The molecule has 3 rings (SSSR count). The van der Waals surface area contributed by atoms with Gasteiger partial charge in [-0.25, -0.2) is 4.98 Å². The van der Waals surface area contributed by atoms with Crippen LogP contribution in [0, 0.1) is 6.92 Å². The smallest absolute Gasteiger partial charge is 0.290 e. The minimum atomic E-state index is -0.250. The molecular weight excluding hydrogens is 363 g/mol. The topological polar surface area (TPSA) is 72.9 Å². The third kappa shape index (κ3) is 4.61. The summed E-state index contributed by atoms with van der Waals surface area (Å²) in [7, 11) is 1.92. The molecule has 132 valence electrons. The lowest BCUT2D eigenvalue weighted by molar-refractivity contribution is -0.122. The summed E-state index contributed by atoms with van der Waals surface area (Å²) in [4.78, 5) is 12.8. The minimum absolute atomic E-state index is 0.250. The van der Waals surface area contributed by atoms with Gasteiger partial charge in [-0.05, 0) is 30.5 Å². The molecular formula is C17H18Cl2N4O2. The molecule has 1 aromatic carbocycles. The lowest BCUT2D eigenvalue weighted by Gasteiger charge is -2.10. The second kappa shape index (κ2) is 8.69. The molecule has 0 amide bonds. The number of carbonyl (C=O) groups is 1. The maximum Gasteiger partial charge on any atom is 0.290 e. The van der Waals surface area contributed by atoms with Crippen molar-refractivity contribution in [3.8, 4) is 11.4 Å². The highest BCUT2D eigenvalue weighted by molar-refractivity contribution is 6.44. The van der Waals surface area contributed by atoms with E-state index in [0.29, 0.717) is 10.0 Å². The molecule has 6 nitrogen and oxygen atoms in total. The van der Waals surface area contributed by atoms with Crippen molar-refractivity contribution >= 4 is 29.7 Å². The zero-order valence-electron chi connectivity index (χ0n) is 13.9. The van der Waals surface area contributed by atoms with E-state index in [4.69, 9.17) is 33.1 Å². The van der Waals surface area contributed by atoms with Gasteiger partial charge in [0.2, 0.25) is 0 Å². The molecule has 0 aliphatic heterocycles. The van der Waals surface area contributed by atoms with E-state index in [1.807, 2.05) is 44.7 Å². The summed E-state index contributed by atoms with van der Waals surface area (Å²) in [6.07, 6.45) is 8.52. The molecule has 0 saturated carbocycles. The van der Waals surface area contributed by atoms with Crippen molar-refractivity contribution in [1.29, 1.82) is 0 Å². The summed E-state index contributed by atoms with van der Waals surface area (Å²) in [6.45, 7) is 2.50. The Morgan fingerprint density at radius 2 is 2.00 bits per heavy atom. The maximum absolute atomic E-state index is 8.36. The molecule has 2 aromatic heterocycles. The van der Waals surface area contributed by atoms with Crippen LogP contribution < -0.4 is 0 Å². The molecule has 3 aromatic rings. The van der Waals surface area contributed by atoms with Gasteiger partial charge in [0, 0.05) is 37.7 Å². The molecule has 0 saturated heterocycles. The van der Waals surface area contributed by atoms with Gasteiger partial charge in [0.15, 0.2) is 0 Å². The van der Waals surface area contributed by atoms with Crippen LogP contribution in [0.5, 0.6) is 0 Å². The van der Waals surface area contributed by atoms with Crippen LogP contribution in [-0.2, 0) is 24.8 Å². The standard InChI is InChI=1S/C16H16Cl2N4.CH2O2/c1-11-3-4-13(15(18)14(11)17)16-19-6-8-22(16)7-5-12-9-20-21(2)10-12;2-1-3/h3-4,6,8-10H,5,7H2,1-2H3;1H,(H,2,3). The summed E-state index contributed by atoms with van der Waals surface area (Å²) >= 11 is 12.6. The molecule has 0 aliphatic carbocycles. The Morgan fingerprint density at radius 1 is 1.28 bits per heavy atom. The van der Waals surface area contributed by atoms with Crippen LogP contribution in [0.15, 0.2) is 36.9 Å². The fourth-order valence-electron chi connectivity index (χ4n) is 2.40. The highest BCUT2D eigenvalue weighted by atomic mass is 35.5. The third-order valence-electron chi connectivity index (χ3n) is 3.63. The van der Waals surface area contributed by atoms with E-state index in [0.717, 1.165) is 29.9 Å². The molecule has 0 fully saturated rings. The van der Waals surface area contributed by atoms with Gasteiger partial charge in [0.1, 0.15) is 5.82 Å². The van der Waals surface area contributed by atoms with Gasteiger partial charge in [-0.1, -0.05) is 29.3 Å². The van der Waals surface area contributed by atoms with Crippen LogP contribution in [0.2, 0.25) is 10.0 Å². The van der Waals surface area contributed by atoms with Gasteiger partial charge in [0.25, 0.3) is 6.47 Å². The average molecular weight is 381 g/mol. The van der Waals surface area contributed by atoms with E-state index < -0.39 is 0 Å². The Bertz CT molecular complexity index is 858. The highest BCUT2D eigenvalue weighted by Gasteiger charge is 2.14. The molecule has 0 unspecified atom stereocenters. The first-order valence-corrected chi connectivity index (χ1v) is 8.25. The third-order valence-corrected chi connectivity index (χ3v) is 4.61. The Kier molecular flexibility index (Phi) is 6.61. The summed E-state index contributed by atoms with van der Waals surface area (Å²) in [5, 5.41) is 12.2. The highest BCUT2D eigenvalue weighted by Crippen LogP contribution is 2.34. The van der Waals surface area contributed by atoms with E-state index in [1.54, 1.807) is 10.9 Å². The Hall–Kier alpha value is -2.31. The molecule has 0 bridgehead atoms. The monoisotopic (exact) mass is 380 g/mol. The average Bonchev–Trinajstić information content (AvgIpc) is 3.20. The fourth-order valence-corrected chi connectivity index (χ4v) is 2.86. The van der Waals surface area contributed by atoms with Crippen LogP contribution in [0.1, 0.15) is 11.1 Å². The van der Waals surface area contributed by atoms with Crippen molar-refractivity contribution in [1.82, 2.24) is 19.3 Å². The van der Waals surface area contributed by atoms with E-state index in [2.05, 4.69) is 14.6 Å². The summed E-state index contributed by atoms with van der Waals surface area (Å²) < 4.78 is 3.89.